The summed E-state index contributed by atoms with van der Waals surface area (Å²) in [6.07, 6.45) is 0. The first kappa shape index (κ1) is 10.3. The summed E-state index contributed by atoms with van der Waals surface area (Å²) in [5.74, 6) is -0.347. The van der Waals surface area contributed by atoms with Crippen LogP contribution in [0.25, 0.3) is 0 Å². The predicted octanol–water partition coefficient (Wildman–Crippen LogP) is 3.00. The van der Waals surface area contributed by atoms with Crippen molar-refractivity contribution in [3.05, 3.63) is 33.8 Å². The van der Waals surface area contributed by atoms with Crippen LogP contribution in [0.3, 0.4) is 0 Å². The highest BCUT2D eigenvalue weighted by atomic mass is 79.9. The van der Waals surface area contributed by atoms with Crippen LogP contribution in [0.1, 0.15) is 15.9 Å². The number of thiocarbonyl (C=S) groups is 1. The molecular formula is C9H6BrNOS. The van der Waals surface area contributed by atoms with Crippen molar-refractivity contribution in [1.29, 1.82) is 0 Å². The molecule has 13 heavy (non-hydrogen) atoms. The third-order valence-electron chi connectivity index (χ3n) is 1.57. The number of nitrogens with zero attached hydrogens (tertiary/aromatic N) is 1. The van der Waals surface area contributed by atoms with Gasteiger partial charge < -0.3 is 0 Å². The molecule has 0 heterocycles. The van der Waals surface area contributed by atoms with Gasteiger partial charge in [0.05, 0.1) is 5.16 Å². The van der Waals surface area contributed by atoms with Gasteiger partial charge in [-0.3, -0.25) is 4.79 Å². The maximum atomic E-state index is 11.3. The summed E-state index contributed by atoms with van der Waals surface area (Å²) in [4.78, 5) is 14.7. The minimum atomic E-state index is -0.347. The number of hydrogen-bond donors (Lipinski definition) is 0. The lowest BCUT2D eigenvalue weighted by Gasteiger charge is -1.99. The molecule has 0 bridgehead atoms. The Morgan fingerprint density at radius 3 is 2.85 bits per heavy atom. The molecule has 4 heteroatoms. The van der Waals surface area contributed by atoms with Crippen LogP contribution in [-0.4, -0.2) is 11.1 Å². The SMILES string of the molecule is Cc1cc(Br)ccc1C(=O)N=C=S. The van der Waals surface area contributed by atoms with E-state index in [0.717, 1.165) is 10.0 Å². The van der Waals surface area contributed by atoms with Gasteiger partial charge in [0.25, 0.3) is 5.91 Å². The maximum absolute atomic E-state index is 11.3. The van der Waals surface area contributed by atoms with Gasteiger partial charge in [-0.25, -0.2) is 0 Å². The van der Waals surface area contributed by atoms with Gasteiger partial charge in [-0.05, 0) is 42.9 Å². The molecule has 1 rings (SSSR count). The molecule has 0 aliphatic rings. The molecular weight excluding hydrogens is 250 g/mol. The number of rotatable bonds is 1. The van der Waals surface area contributed by atoms with E-state index in [9.17, 15) is 4.79 Å². The quantitative estimate of drug-likeness (QED) is 0.571. The zero-order valence-corrected chi connectivity index (χ0v) is 9.28. The van der Waals surface area contributed by atoms with Gasteiger partial charge in [0.15, 0.2) is 0 Å². The Morgan fingerprint density at radius 1 is 1.62 bits per heavy atom. The lowest BCUT2D eigenvalue weighted by atomic mass is 10.1. The van der Waals surface area contributed by atoms with Crippen LogP contribution in [-0.2, 0) is 0 Å². The number of hydrogen-bond acceptors (Lipinski definition) is 2. The van der Waals surface area contributed by atoms with Gasteiger partial charge in [0.1, 0.15) is 0 Å². The molecule has 0 aliphatic heterocycles. The minimum absolute atomic E-state index is 0.347. The molecule has 0 unspecified atom stereocenters. The molecule has 0 saturated heterocycles. The smallest absolute Gasteiger partial charge is 0.266 e. The summed E-state index contributed by atoms with van der Waals surface area (Å²) in [5, 5.41) is 2.05. The number of aliphatic imine (C=N–C) groups is 1. The van der Waals surface area contributed by atoms with E-state index in [1.807, 2.05) is 13.0 Å². The minimum Gasteiger partial charge on any atom is -0.266 e. The zero-order valence-electron chi connectivity index (χ0n) is 6.87. The van der Waals surface area contributed by atoms with Crippen molar-refractivity contribution in [1.82, 2.24) is 0 Å². The molecule has 1 amide bonds. The van der Waals surface area contributed by atoms with Crippen LogP contribution < -0.4 is 0 Å². The van der Waals surface area contributed by atoms with Gasteiger partial charge in [0.2, 0.25) is 0 Å². The van der Waals surface area contributed by atoms with E-state index in [4.69, 9.17) is 0 Å². The first-order chi connectivity index (χ1) is 6.15. The molecule has 1 aromatic carbocycles. The molecule has 0 spiro atoms. The third kappa shape index (κ3) is 2.56. The monoisotopic (exact) mass is 255 g/mol. The van der Waals surface area contributed by atoms with Crippen molar-refractivity contribution in [2.75, 3.05) is 0 Å². The number of amides is 1. The summed E-state index contributed by atoms with van der Waals surface area (Å²) >= 11 is 7.66. The van der Waals surface area contributed by atoms with E-state index >= 15 is 0 Å². The molecule has 66 valence electrons. The lowest BCUT2D eigenvalue weighted by molar-refractivity contribution is 0.100. The highest BCUT2D eigenvalue weighted by Crippen LogP contribution is 2.16. The Balaban J connectivity index is 3.16. The summed E-state index contributed by atoms with van der Waals surface area (Å²) in [6, 6.07) is 5.35. The molecule has 0 fully saturated rings. The summed E-state index contributed by atoms with van der Waals surface area (Å²) in [7, 11) is 0. The Labute approximate surface area is 89.8 Å². The Hall–Kier alpha value is -0.830. The normalized spacial score (nSPS) is 9.08. The van der Waals surface area contributed by atoms with Crippen LogP contribution in [0, 0.1) is 6.92 Å². The fourth-order valence-corrected chi connectivity index (χ4v) is 1.53. The van der Waals surface area contributed by atoms with Gasteiger partial charge in [0, 0.05) is 10.0 Å². The predicted molar refractivity (Wildman–Crippen MR) is 58.2 cm³/mol. The second kappa shape index (κ2) is 4.42. The number of carbonyl (C=O) groups is 1. The van der Waals surface area contributed by atoms with E-state index in [1.165, 1.54) is 0 Å². The molecule has 0 saturated carbocycles. The largest absolute Gasteiger partial charge is 0.286 e. The maximum Gasteiger partial charge on any atom is 0.286 e. The number of aryl methyl sites for hydroxylation is 1. The molecule has 0 N–H and O–H groups in total. The zero-order chi connectivity index (χ0) is 9.84. The summed E-state index contributed by atoms with van der Waals surface area (Å²) < 4.78 is 0.938. The second-order valence-corrected chi connectivity index (χ2v) is 3.57. The molecule has 0 aliphatic carbocycles. The van der Waals surface area contributed by atoms with E-state index < -0.39 is 0 Å². The standard InChI is InChI=1S/C9H6BrNOS/c1-6-4-7(10)2-3-8(6)9(12)11-5-13/h2-4H,1H3. The highest BCUT2D eigenvalue weighted by molar-refractivity contribution is 9.10. The van der Waals surface area contributed by atoms with Crippen LogP contribution in [0.15, 0.2) is 27.7 Å². The molecule has 2 nitrogen and oxygen atoms in total. The van der Waals surface area contributed by atoms with Crippen molar-refractivity contribution in [2.24, 2.45) is 4.99 Å². The highest BCUT2D eigenvalue weighted by Gasteiger charge is 2.06. The molecule has 0 atom stereocenters. The van der Waals surface area contributed by atoms with E-state index in [1.54, 1.807) is 12.1 Å². The van der Waals surface area contributed by atoms with Gasteiger partial charge in [-0.15, -0.1) is 0 Å². The van der Waals surface area contributed by atoms with E-state index in [2.05, 4.69) is 38.3 Å². The summed E-state index contributed by atoms with van der Waals surface area (Å²) in [6.45, 7) is 1.84. The number of carbonyl (C=O) groups excluding carboxylic acids is 1. The molecule has 0 radical (unpaired) electrons. The lowest BCUT2D eigenvalue weighted by Crippen LogP contribution is -1.97. The first-order valence-corrected chi connectivity index (χ1v) is 4.73. The number of benzene rings is 1. The van der Waals surface area contributed by atoms with Gasteiger partial charge >= 0.3 is 0 Å². The average molecular weight is 256 g/mol. The topological polar surface area (TPSA) is 29.4 Å². The van der Waals surface area contributed by atoms with Crippen molar-refractivity contribution >= 4 is 39.2 Å². The Bertz CT molecular complexity index is 397. The van der Waals surface area contributed by atoms with Crippen molar-refractivity contribution in [3.8, 4) is 0 Å². The average Bonchev–Trinajstić information content (AvgIpc) is 2.04. The van der Waals surface area contributed by atoms with Crippen molar-refractivity contribution < 1.29 is 4.79 Å². The van der Waals surface area contributed by atoms with Crippen LogP contribution in [0.4, 0.5) is 0 Å². The van der Waals surface area contributed by atoms with Crippen LogP contribution >= 0.6 is 28.1 Å². The fraction of sp³-hybridized carbons (Fsp3) is 0.111. The van der Waals surface area contributed by atoms with Crippen LogP contribution in [0.5, 0.6) is 0 Å². The fourth-order valence-electron chi connectivity index (χ4n) is 0.969. The van der Waals surface area contributed by atoms with Gasteiger partial charge in [-0.2, -0.15) is 4.99 Å². The van der Waals surface area contributed by atoms with Crippen LogP contribution in [0.2, 0.25) is 0 Å². The number of halogens is 1. The van der Waals surface area contributed by atoms with E-state index in [-0.39, 0.29) is 5.91 Å². The van der Waals surface area contributed by atoms with E-state index in [0.29, 0.717) is 5.56 Å². The second-order valence-electron chi connectivity index (χ2n) is 2.47. The molecule has 1 aromatic rings. The van der Waals surface area contributed by atoms with Crippen molar-refractivity contribution in [3.63, 3.8) is 0 Å². The number of isothiocyanates is 1. The Kier molecular flexibility index (Phi) is 3.48. The Morgan fingerprint density at radius 2 is 2.31 bits per heavy atom. The molecule has 0 aromatic heterocycles. The first-order valence-electron chi connectivity index (χ1n) is 3.53. The van der Waals surface area contributed by atoms with Crippen molar-refractivity contribution in [2.45, 2.75) is 6.92 Å². The third-order valence-corrected chi connectivity index (χ3v) is 2.15. The van der Waals surface area contributed by atoms with Gasteiger partial charge in [-0.1, -0.05) is 15.9 Å². The summed E-state index contributed by atoms with van der Waals surface area (Å²) in [5.41, 5.74) is 1.42.